The lowest BCUT2D eigenvalue weighted by atomic mass is 10.1. The summed E-state index contributed by atoms with van der Waals surface area (Å²) in [4.78, 5) is 0. The molecule has 0 spiro atoms. The zero-order valence-electron chi connectivity index (χ0n) is 12.0. The highest BCUT2D eigenvalue weighted by molar-refractivity contribution is 5.44. The van der Waals surface area contributed by atoms with Gasteiger partial charge in [-0.05, 0) is 55.1 Å². The van der Waals surface area contributed by atoms with Gasteiger partial charge in [0.25, 0.3) is 0 Å². The molecule has 0 amide bonds. The summed E-state index contributed by atoms with van der Waals surface area (Å²) in [5, 5.41) is 13.4. The number of hydrogen-bond acceptors (Lipinski definition) is 4. The van der Waals surface area contributed by atoms with E-state index in [1.54, 1.807) is 12.3 Å². The fourth-order valence-electron chi connectivity index (χ4n) is 2.87. The second-order valence-corrected chi connectivity index (χ2v) is 5.38. The fourth-order valence-corrected chi connectivity index (χ4v) is 2.87. The van der Waals surface area contributed by atoms with Gasteiger partial charge in [-0.3, -0.25) is 0 Å². The molecule has 1 heterocycles. The molecule has 2 aromatic rings. The first-order valence-electron chi connectivity index (χ1n) is 7.49. The second-order valence-electron chi connectivity index (χ2n) is 5.38. The van der Waals surface area contributed by atoms with Crippen LogP contribution in [0.5, 0.6) is 5.75 Å². The molecule has 1 aromatic heterocycles. The Hall–Kier alpha value is -1.78. The molecule has 3 rings (SSSR count). The Balaban J connectivity index is 1.36. The van der Waals surface area contributed by atoms with Crippen molar-refractivity contribution in [2.75, 3.05) is 13.2 Å². The van der Waals surface area contributed by atoms with Crippen molar-refractivity contribution in [3.63, 3.8) is 0 Å². The molecule has 4 nitrogen and oxygen atoms in total. The Morgan fingerprint density at radius 3 is 3.10 bits per heavy atom. The van der Waals surface area contributed by atoms with E-state index in [2.05, 4.69) is 11.4 Å². The highest BCUT2D eigenvalue weighted by Crippen LogP contribution is 2.36. The van der Waals surface area contributed by atoms with Gasteiger partial charge in [0, 0.05) is 12.6 Å². The van der Waals surface area contributed by atoms with Gasteiger partial charge in [-0.1, -0.05) is 12.1 Å². The molecule has 0 radical (unpaired) electrons. The van der Waals surface area contributed by atoms with Crippen LogP contribution >= 0.6 is 0 Å². The molecule has 1 aliphatic rings. The number of phenolic OH excluding ortho intramolecular Hbond substituents is 1. The summed E-state index contributed by atoms with van der Waals surface area (Å²) in [7, 11) is 0. The molecule has 1 aliphatic carbocycles. The Morgan fingerprint density at radius 2 is 2.24 bits per heavy atom. The molecule has 112 valence electrons. The van der Waals surface area contributed by atoms with Crippen LogP contribution in [0.4, 0.5) is 0 Å². The third-order valence-corrected chi connectivity index (χ3v) is 3.93. The average molecular weight is 287 g/mol. The number of fused-ring (bicyclic) bond motifs is 1. The summed E-state index contributed by atoms with van der Waals surface area (Å²) in [6.07, 6.45) is 4.63. The molecule has 0 fully saturated rings. The lowest BCUT2D eigenvalue weighted by molar-refractivity contribution is 0.103. The first kappa shape index (κ1) is 14.2. The Morgan fingerprint density at radius 1 is 1.29 bits per heavy atom. The maximum absolute atomic E-state index is 9.82. The molecule has 0 saturated heterocycles. The standard InChI is InChI=1S/C17H21NO3/c19-17-6-1-5-14-15(17)7-8-16(14)18-9-3-10-20-12-13-4-2-11-21-13/h1-2,4-6,11,16,18-19H,3,7-10,12H2. The van der Waals surface area contributed by atoms with Crippen molar-refractivity contribution in [2.24, 2.45) is 0 Å². The Bertz CT molecular complexity index is 565. The predicted molar refractivity (Wildman–Crippen MR) is 80.2 cm³/mol. The van der Waals surface area contributed by atoms with Gasteiger partial charge in [-0.2, -0.15) is 0 Å². The minimum atomic E-state index is 0.358. The maximum Gasteiger partial charge on any atom is 0.129 e. The third-order valence-electron chi connectivity index (χ3n) is 3.93. The number of aromatic hydroxyl groups is 1. The first-order chi connectivity index (χ1) is 10.3. The topological polar surface area (TPSA) is 54.6 Å². The van der Waals surface area contributed by atoms with Crippen LogP contribution in [0.2, 0.25) is 0 Å². The monoisotopic (exact) mass is 287 g/mol. The molecule has 1 atom stereocenters. The van der Waals surface area contributed by atoms with Gasteiger partial charge in [0.15, 0.2) is 0 Å². The van der Waals surface area contributed by atoms with Crippen LogP contribution in [-0.4, -0.2) is 18.3 Å². The van der Waals surface area contributed by atoms with Crippen molar-refractivity contribution in [1.82, 2.24) is 5.32 Å². The van der Waals surface area contributed by atoms with E-state index >= 15 is 0 Å². The Kier molecular flexibility index (Phi) is 4.58. The van der Waals surface area contributed by atoms with Crippen molar-refractivity contribution in [3.05, 3.63) is 53.5 Å². The highest BCUT2D eigenvalue weighted by atomic mass is 16.5. The van der Waals surface area contributed by atoms with Crippen LogP contribution < -0.4 is 5.32 Å². The summed E-state index contributed by atoms with van der Waals surface area (Å²) in [6.45, 7) is 2.17. The molecule has 0 aliphatic heterocycles. The lowest BCUT2D eigenvalue weighted by Gasteiger charge is -2.14. The van der Waals surface area contributed by atoms with Crippen LogP contribution in [-0.2, 0) is 17.8 Å². The molecule has 21 heavy (non-hydrogen) atoms. The van der Waals surface area contributed by atoms with Crippen LogP contribution in [0, 0.1) is 0 Å². The summed E-state index contributed by atoms with van der Waals surface area (Å²) in [6, 6.07) is 9.93. The summed E-state index contributed by atoms with van der Waals surface area (Å²) < 4.78 is 10.8. The van der Waals surface area contributed by atoms with E-state index < -0.39 is 0 Å². The van der Waals surface area contributed by atoms with E-state index in [0.29, 0.717) is 25.0 Å². The van der Waals surface area contributed by atoms with Crippen LogP contribution in [0.1, 0.15) is 35.8 Å². The van der Waals surface area contributed by atoms with Crippen LogP contribution in [0.25, 0.3) is 0 Å². The lowest BCUT2D eigenvalue weighted by Crippen LogP contribution is -2.21. The van der Waals surface area contributed by atoms with Gasteiger partial charge in [-0.25, -0.2) is 0 Å². The van der Waals surface area contributed by atoms with Gasteiger partial charge >= 0.3 is 0 Å². The quantitative estimate of drug-likeness (QED) is 0.768. The zero-order valence-corrected chi connectivity index (χ0v) is 12.0. The SMILES string of the molecule is Oc1cccc2c1CCC2NCCCOCc1ccco1. The molecule has 0 bridgehead atoms. The number of rotatable bonds is 7. The first-order valence-corrected chi connectivity index (χ1v) is 7.49. The van der Waals surface area contributed by atoms with E-state index in [1.807, 2.05) is 18.2 Å². The second kappa shape index (κ2) is 6.78. The van der Waals surface area contributed by atoms with Crippen molar-refractivity contribution < 1.29 is 14.3 Å². The average Bonchev–Trinajstić information content (AvgIpc) is 3.13. The number of furan rings is 1. The maximum atomic E-state index is 9.82. The van der Waals surface area contributed by atoms with E-state index in [9.17, 15) is 5.11 Å². The molecule has 1 aromatic carbocycles. The van der Waals surface area contributed by atoms with Crippen molar-refractivity contribution in [1.29, 1.82) is 0 Å². The summed E-state index contributed by atoms with van der Waals surface area (Å²) in [5.41, 5.74) is 2.34. The number of ether oxygens (including phenoxy) is 1. The largest absolute Gasteiger partial charge is 0.508 e. The molecule has 0 saturated carbocycles. The van der Waals surface area contributed by atoms with E-state index in [4.69, 9.17) is 9.15 Å². The van der Waals surface area contributed by atoms with Gasteiger partial charge < -0.3 is 19.6 Å². The third kappa shape index (κ3) is 3.46. The van der Waals surface area contributed by atoms with Crippen molar-refractivity contribution in [3.8, 4) is 5.75 Å². The van der Waals surface area contributed by atoms with Gasteiger partial charge in [-0.15, -0.1) is 0 Å². The van der Waals surface area contributed by atoms with E-state index in [-0.39, 0.29) is 0 Å². The number of phenols is 1. The van der Waals surface area contributed by atoms with Crippen LogP contribution in [0.3, 0.4) is 0 Å². The minimum absolute atomic E-state index is 0.358. The number of nitrogens with one attached hydrogen (secondary N) is 1. The molecule has 1 unspecified atom stereocenters. The van der Waals surface area contributed by atoms with Gasteiger partial charge in [0.05, 0.1) is 6.26 Å². The van der Waals surface area contributed by atoms with Crippen LogP contribution in [0.15, 0.2) is 41.0 Å². The number of hydrogen-bond donors (Lipinski definition) is 2. The minimum Gasteiger partial charge on any atom is -0.508 e. The molecular formula is C17H21NO3. The van der Waals surface area contributed by atoms with Gasteiger partial charge in [0.2, 0.25) is 0 Å². The smallest absolute Gasteiger partial charge is 0.129 e. The molecular weight excluding hydrogens is 266 g/mol. The summed E-state index contributed by atoms with van der Waals surface area (Å²) >= 11 is 0. The molecule has 4 heteroatoms. The van der Waals surface area contributed by atoms with E-state index in [1.165, 1.54) is 5.56 Å². The van der Waals surface area contributed by atoms with Crippen molar-refractivity contribution >= 4 is 0 Å². The summed E-state index contributed by atoms with van der Waals surface area (Å²) in [5.74, 6) is 1.29. The zero-order chi connectivity index (χ0) is 14.5. The normalized spacial score (nSPS) is 17.0. The Labute approximate surface area is 124 Å². The van der Waals surface area contributed by atoms with Crippen molar-refractivity contribution in [2.45, 2.75) is 31.9 Å². The highest BCUT2D eigenvalue weighted by Gasteiger charge is 2.23. The van der Waals surface area contributed by atoms with Gasteiger partial charge in [0.1, 0.15) is 18.1 Å². The fraction of sp³-hybridized carbons (Fsp3) is 0.412. The molecule has 2 N–H and O–H groups in total. The predicted octanol–water partition coefficient (Wildman–Crippen LogP) is 3.17. The number of benzene rings is 1. The van der Waals surface area contributed by atoms with E-state index in [0.717, 1.165) is 37.1 Å².